The maximum Gasteiger partial charge on any atom is 0.123 e. The highest BCUT2D eigenvalue weighted by Crippen LogP contribution is 2.31. The van der Waals surface area contributed by atoms with Crippen LogP contribution in [0.5, 0.6) is 5.75 Å². The number of anilines is 1. The minimum atomic E-state index is 0.128. The number of aromatic nitrogens is 1. The lowest BCUT2D eigenvalue weighted by atomic mass is 10.1. The summed E-state index contributed by atoms with van der Waals surface area (Å²) in [5.74, 6) is 1.28. The Morgan fingerprint density at radius 3 is 2.61 bits per heavy atom. The highest BCUT2D eigenvalue weighted by atomic mass is 35.5. The topological polar surface area (TPSA) is 48.1 Å². The summed E-state index contributed by atoms with van der Waals surface area (Å²) >= 11 is 6.19. The van der Waals surface area contributed by atoms with E-state index in [-0.39, 0.29) is 6.10 Å². The number of nitrogens with two attached hydrogens (primary N) is 1. The van der Waals surface area contributed by atoms with E-state index >= 15 is 0 Å². The van der Waals surface area contributed by atoms with Crippen LogP contribution < -0.4 is 10.5 Å². The minimum Gasteiger partial charge on any atom is -0.491 e. The van der Waals surface area contributed by atoms with Crippen molar-refractivity contribution >= 4 is 17.4 Å². The van der Waals surface area contributed by atoms with Crippen LogP contribution in [0.1, 0.15) is 13.8 Å². The van der Waals surface area contributed by atoms with E-state index in [9.17, 15) is 0 Å². The molecule has 0 fully saturated rings. The van der Waals surface area contributed by atoms with E-state index in [1.54, 1.807) is 12.3 Å². The smallest absolute Gasteiger partial charge is 0.123 e. The summed E-state index contributed by atoms with van der Waals surface area (Å²) in [6.45, 7) is 3.97. The Morgan fingerprint density at radius 1 is 1.22 bits per heavy atom. The fourth-order valence-electron chi connectivity index (χ4n) is 1.64. The SMILES string of the molecule is CC(C)Oc1ccc(Cl)c(-c2ccc(N)nc2)c1. The Kier molecular flexibility index (Phi) is 3.72. The summed E-state index contributed by atoms with van der Waals surface area (Å²) in [7, 11) is 0. The van der Waals surface area contributed by atoms with Gasteiger partial charge in [-0.15, -0.1) is 0 Å². The molecule has 0 atom stereocenters. The summed E-state index contributed by atoms with van der Waals surface area (Å²) in [6.07, 6.45) is 1.83. The zero-order valence-electron chi connectivity index (χ0n) is 10.4. The van der Waals surface area contributed by atoms with Gasteiger partial charge in [0, 0.05) is 22.3 Å². The molecule has 0 aliphatic rings. The van der Waals surface area contributed by atoms with Crippen molar-refractivity contribution < 1.29 is 4.74 Å². The monoisotopic (exact) mass is 262 g/mol. The van der Waals surface area contributed by atoms with Crippen LogP contribution in [-0.4, -0.2) is 11.1 Å². The number of benzene rings is 1. The lowest BCUT2D eigenvalue weighted by molar-refractivity contribution is 0.242. The molecule has 0 radical (unpaired) electrons. The van der Waals surface area contributed by atoms with Crippen molar-refractivity contribution in [3.63, 3.8) is 0 Å². The summed E-state index contributed by atoms with van der Waals surface area (Å²) in [5, 5.41) is 0.665. The first kappa shape index (κ1) is 12.7. The molecule has 1 aromatic carbocycles. The fraction of sp³-hybridized carbons (Fsp3) is 0.214. The van der Waals surface area contributed by atoms with Gasteiger partial charge < -0.3 is 10.5 Å². The largest absolute Gasteiger partial charge is 0.491 e. The number of pyridine rings is 1. The molecule has 1 heterocycles. The Morgan fingerprint density at radius 2 is 2.00 bits per heavy atom. The normalized spacial score (nSPS) is 10.7. The van der Waals surface area contributed by atoms with Crippen LogP contribution in [0.3, 0.4) is 0 Å². The van der Waals surface area contributed by atoms with Crippen molar-refractivity contribution in [3.8, 4) is 16.9 Å². The van der Waals surface area contributed by atoms with Crippen LogP contribution in [0.25, 0.3) is 11.1 Å². The molecule has 4 heteroatoms. The Balaban J connectivity index is 2.39. The molecular weight excluding hydrogens is 248 g/mol. The third kappa shape index (κ3) is 2.93. The molecule has 2 rings (SSSR count). The first-order valence-electron chi connectivity index (χ1n) is 5.74. The van der Waals surface area contributed by atoms with Crippen molar-refractivity contribution in [2.75, 3.05) is 5.73 Å². The minimum absolute atomic E-state index is 0.128. The molecule has 94 valence electrons. The Bertz CT molecular complexity index is 538. The lowest BCUT2D eigenvalue weighted by Crippen LogP contribution is -2.05. The van der Waals surface area contributed by atoms with Gasteiger partial charge >= 0.3 is 0 Å². The number of halogens is 1. The van der Waals surface area contributed by atoms with Crippen LogP contribution in [-0.2, 0) is 0 Å². The maximum atomic E-state index is 6.19. The van der Waals surface area contributed by atoms with E-state index in [0.29, 0.717) is 10.8 Å². The molecule has 0 saturated heterocycles. The Labute approximate surface area is 112 Å². The van der Waals surface area contributed by atoms with E-state index < -0.39 is 0 Å². The first-order valence-corrected chi connectivity index (χ1v) is 6.12. The van der Waals surface area contributed by atoms with Gasteiger partial charge in [0.15, 0.2) is 0 Å². The van der Waals surface area contributed by atoms with Gasteiger partial charge in [-0.2, -0.15) is 0 Å². The van der Waals surface area contributed by atoms with E-state index in [0.717, 1.165) is 16.9 Å². The molecule has 0 aliphatic heterocycles. The first-order chi connectivity index (χ1) is 8.56. The number of hydrogen-bond donors (Lipinski definition) is 1. The average Bonchev–Trinajstić information content (AvgIpc) is 2.32. The van der Waals surface area contributed by atoms with E-state index in [1.165, 1.54) is 0 Å². The van der Waals surface area contributed by atoms with Gasteiger partial charge in [-0.25, -0.2) is 4.98 Å². The molecule has 0 spiro atoms. The summed E-state index contributed by atoms with van der Waals surface area (Å²) in [6, 6.07) is 9.24. The molecule has 0 amide bonds. The average molecular weight is 263 g/mol. The van der Waals surface area contributed by atoms with Crippen molar-refractivity contribution in [2.45, 2.75) is 20.0 Å². The highest BCUT2D eigenvalue weighted by molar-refractivity contribution is 6.33. The van der Waals surface area contributed by atoms with Gasteiger partial charge in [-0.05, 0) is 44.2 Å². The zero-order valence-corrected chi connectivity index (χ0v) is 11.1. The number of nitrogen functional groups attached to an aromatic ring is 1. The van der Waals surface area contributed by atoms with Crippen molar-refractivity contribution in [1.29, 1.82) is 0 Å². The molecule has 2 N–H and O–H groups in total. The summed E-state index contributed by atoms with van der Waals surface area (Å²) in [5.41, 5.74) is 7.38. The molecule has 3 nitrogen and oxygen atoms in total. The quantitative estimate of drug-likeness (QED) is 0.916. The molecule has 0 unspecified atom stereocenters. The second-order valence-electron chi connectivity index (χ2n) is 4.28. The van der Waals surface area contributed by atoms with Gasteiger partial charge in [0.25, 0.3) is 0 Å². The third-order valence-corrected chi connectivity index (χ3v) is 2.74. The second-order valence-corrected chi connectivity index (χ2v) is 4.69. The van der Waals surface area contributed by atoms with Gasteiger partial charge in [-0.1, -0.05) is 11.6 Å². The van der Waals surface area contributed by atoms with Crippen molar-refractivity contribution in [2.24, 2.45) is 0 Å². The Hall–Kier alpha value is -1.74. The standard InChI is InChI=1S/C14H15ClN2O/c1-9(2)18-11-4-5-13(15)12(7-11)10-3-6-14(16)17-8-10/h3-9H,1-2H3,(H2,16,17). The van der Waals surface area contributed by atoms with Crippen LogP contribution in [0.4, 0.5) is 5.82 Å². The van der Waals surface area contributed by atoms with E-state index in [4.69, 9.17) is 22.1 Å². The fourth-order valence-corrected chi connectivity index (χ4v) is 1.86. The highest BCUT2D eigenvalue weighted by Gasteiger charge is 2.07. The molecule has 0 aliphatic carbocycles. The summed E-state index contributed by atoms with van der Waals surface area (Å²) < 4.78 is 5.65. The van der Waals surface area contributed by atoms with Crippen LogP contribution in [0.2, 0.25) is 5.02 Å². The number of ether oxygens (including phenoxy) is 1. The second kappa shape index (κ2) is 5.27. The number of hydrogen-bond acceptors (Lipinski definition) is 3. The predicted molar refractivity (Wildman–Crippen MR) is 74.9 cm³/mol. The van der Waals surface area contributed by atoms with Crippen LogP contribution in [0, 0.1) is 0 Å². The number of rotatable bonds is 3. The van der Waals surface area contributed by atoms with Gasteiger partial charge in [0.05, 0.1) is 6.10 Å². The van der Waals surface area contributed by atoms with Crippen molar-refractivity contribution in [1.82, 2.24) is 4.98 Å². The van der Waals surface area contributed by atoms with E-state index in [1.807, 2.05) is 38.1 Å². The zero-order chi connectivity index (χ0) is 13.1. The molecule has 18 heavy (non-hydrogen) atoms. The molecule has 0 bridgehead atoms. The molecule has 2 aromatic rings. The van der Waals surface area contributed by atoms with Crippen molar-refractivity contribution in [3.05, 3.63) is 41.6 Å². The maximum absolute atomic E-state index is 6.19. The molecule has 0 saturated carbocycles. The molecule has 1 aromatic heterocycles. The summed E-state index contributed by atoms with van der Waals surface area (Å²) in [4.78, 5) is 4.07. The third-order valence-electron chi connectivity index (χ3n) is 2.41. The van der Waals surface area contributed by atoms with Crippen LogP contribution >= 0.6 is 11.6 Å². The van der Waals surface area contributed by atoms with Crippen LogP contribution in [0.15, 0.2) is 36.5 Å². The van der Waals surface area contributed by atoms with Gasteiger partial charge in [0.2, 0.25) is 0 Å². The molecular formula is C14H15ClN2O. The predicted octanol–water partition coefficient (Wildman–Crippen LogP) is 3.77. The van der Waals surface area contributed by atoms with E-state index in [2.05, 4.69) is 4.98 Å². The van der Waals surface area contributed by atoms with Gasteiger partial charge in [-0.3, -0.25) is 0 Å². The number of nitrogens with zero attached hydrogens (tertiary/aromatic N) is 1. The lowest BCUT2D eigenvalue weighted by Gasteiger charge is -2.12. The van der Waals surface area contributed by atoms with Gasteiger partial charge in [0.1, 0.15) is 11.6 Å².